The molecule has 0 unspecified atom stereocenters. The van der Waals surface area contributed by atoms with E-state index >= 15 is 0 Å². The molecule has 4 atom stereocenters. The molecule has 3 saturated heterocycles. The molecule has 0 saturated carbocycles. The van der Waals surface area contributed by atoms with Crippen molar-refractivity contribution in [2.75, 3.05) is 26.7 Å². The Hall–Kier alpha value is -2.93. The Balaban J connectivity index is 1.24. The number of likely N-dealkylation sites (tertiary alicyclic amines) is 1. The first-order valence-electron chi connectivity index (χ1n) is 13.1. The molecular weight excluding hydrogens is 440 g/mol. The second-order valence-electron chi connectivity index (χ2n) is 10.5. The van der Waals surface area contributed by atoms with Gasteiger partial charge in [0.1, 0.15) is 12.3 Å². The Bertz CT molecular complexity index is 1190. The number of carbonyl (C=O) groups is 1. The van der Waals surface area contributed by atoms with E-state index < -0.39 is 0 Å². The van der Waals surface area contributed by atoms with E-state index in [4.69, 9.17) is 4.74 Å². The van der Waals surface area contributed by atoms with Gasteiger partial charge < -0.3 is 9.64 Å². The number of methoxy groups -OCH3 is 1. The van der Waals surface area contributed by atoms with Crippen LogP contribution in [0, 0.1) is 11.8 Å². The third-order valence-corrected chi connectivity index (χ3v) is 8.51. The van der Waals surface area contributed by atoms with Crippen LogP contribution in [0.15, 0.2) is 52.8 Å². The fraction of sp³-hybridized carbons (Fsp3) is 0.536. The molecule has 4 heterocycles. The largest absolute Gasteiger partial charge is 0.497 e. The van der Waals surface area contributed by atoms with Crippen molar-refractivity contribution in [2.24, 2.45) is 11.8 Å². The van der Waals surface area contributed by atoms with Gasteiger partial charge in [-0.25, -0.2) is 4.68 Å². The van der Waals surface area contributed by atoms with Crippen LogP contribution in [0.5, 0.6) is 5.75 Å². The van der Waals surface area contributed by atoms with Crippen molar-refractivity contribution in [3.8, 4) is 17.0 Å². The van der Waals surface area contributed by atoms with Crippen LogP contribution in [0.2, 0.25) is 0 Å². The number of amides is 1. The molecule has 35 heavy (non-hydrogen) atoms. The first-order valence-corrected chi connectivity index (χ1v) is 13.1. The molecule has 1 aromatic heterocycles. The van der Waals surface area contributed by atoms with Crippen LogP contribution in [-0.2, 0) is 11.3 Å². The van der Waals surface area contributed by atoms with Crippen LogP contribution in [0.25, 0.3) is 11.3 Å². The lowest BCUT2D eigenvalue weighted by Crippen LogP contribution is -2.60. The topological polar surface area (TPSA) is 67.7 Å². The minimum Gasteiger partial charge on any atom is -0.497 e. The molecule has 184 valence electrons. The van der Waals surface area contributed by atoms with E-state index in [0.29, 0.717) is 23.6 Å². The van der Waals surface area contributed by atoms with Gasteiger partial charge in [-0.2, -0.15) is 5.10 Å². The fourth-order valence-corrected chi connectivity index (χ4v) is 6.95. The molecule has 4 aliphatic rings. The molecule has 7 nitrogen and oxygen atoms in total. The van der Waals surface area contributed by atoms with Gasteiger partial charge in [0.2, 0.25) is 5.91 Å². The zero-order valence-corrected chi connectivity index (χ0v) is 20.4. The molecule has 3 fully saturated rings. The van der Waals surface area contributed by atoms with E-state index in [1.165, 1.54) is 48.5 Å². The van der Waals surface area contributed by atoms with E-state index in [-0.39, 0.29) is 24.1 Å². The van der Waals surface area contributed by atoms with Gasteiger partial charge in [0.15, 0.2) is 0 Å². The number of nitrogens with zero attached hydrogens (tertiary/aromatic N) is 4. The number of hydrogen-bond acceptors (Lipinski definition) is 5. The van der Waals surface area contributed by atoms with Gasteiger partial charge >= 0.3 is 0 Å². The Kier molecular flexibility index (Phi) is 5.96. The van der Waals surface area contributed by atoms with Crippen molar-refractivity contribution in [3.63, 3.8) is 0 Å². The summed E-state index contributed by atoms with van der Waals surface area (Å²) in [5, 5.41) is 4.55. The second kappa shape index (κ2) is 9.26. The van der Waals surface area contributed by atoms with Gasteiger partial charge in [-0.3, -0.25) is 14.5 Å². The minimum absolute atomic E-state index is 0.00120. The number of fused-ring (bicyclic) bond motifs is 6. The Labute approximate surface area is 206 Å². The van der Waals surface area contributed by atoms with E-state index in [0.717, 1.165) is 37.2 Å². The Morgan fingerprint density at radius 1 is 1.09 bits per heavy atom. The van der Waals surface area contributed by atoms with Crippen LogP contribution in [-0.4, -0.2) is 64.3 Å². The lowest BCUT2D eigenvalue weighted by atomic mass is 9.68. The number of hydrogen-bond donors (Lipinski definition) is 0. The van der Waals surface area contributed by atoms with Crippen LogP contribution in [0.3, 0.4) is 0 Å². The maximum absolute atomic E-state index is 13.6. The number of carbonyl (C=O) groups excluding carboxylic acids is 1. The number of benzene rings is 1. The Morgan fingerprint density at radius 3 is 2.77 bits per heavy atom. The second-order valence-corrected chi connectivity index (χ2v) is 10.5. The SMILES string of the molecule is COc1ccc(-c2ccc(=O)n(CC(=O)N3CCCC4=C[C@H]5C[C@@H](CN6CCCC[C@H]56)[C@H]43)n2)cc1. The zero-order chi connectivity index (χ0) is 23.9. The minimum atomic E-state index is -0.249. The van der Waals surface area contributed by atoms with Gasteiger partial charge in [-0.05, 0) is 80.8 Å². The molecule has 3 aliphatic heterocycles. The number of ether oxygens (including phenoxy) is 1. The van der Waals surface area contributed by atoms with Crippen molar-refractivity contribution in [2.45, 2.75) is 57.2 Å². The van der Waals surface area contributed by atoms with Crippen molar-refractivity contribution in [1.82, 2.24) is 19.6 Å². The average molecular weight is 475 g/mol. The maximum atomic E-state index is 13.6. The predicted molar refractivity (Wildman–Crippen MR) is 134 cm³/mol. The quantitative estimate of drug-likeness (QED) is 0.636. The van der Waals surface area contributed by atoms with Gasteiger partial charge in [0.25, 0.3) is 5.56 Å². The van der Waals surface area contributed by atoms with Crippen molar-refractivity contribution >= 4 is 5.91 Å². The molecule has 0 radical (unpaired) electrons. The van der Waals surface area contributed by atoms with Crippen molar-refractivity contribution < 1.29 is 9.53 Å². The molecule has 1 amide bonds. The lowest BCUT2D eigenvalue weighted by molar-refractivity contribution is -0.137. The summed E-state index contributed by atoms with van der Waals surface area (Å²) in [5.74, 6) is 1.90. The molecule has 7 heteroatoms. The molecular formula is C28H34N4O3. The van der Waals surface area contributed by atoms with Gasteiger partial charge in [0.05, 0.1) is 18.8 Å². The van der Waals surface area contributed by atoms with Crippen molar-refractivity contribution in [1.29, 1.82) is 0 Å². The summed E-state index contributed by atoms with van der Waals surface area (Å²) in [5.41, 5.74) is 2.76. The lowest BCUT2D eigenvalue weighted by Gasteiger charge is -2.54. The normalized spacial score (nSPS) is 28.0. The smallest absolute Gasteiger partial charge is 0.267 e. The monoisotopic (exact) mass is 474 g/mol. The van der Waals surface area contributed by atoms with Crippen molar-refractivity contribution in [3.05, 3.63) is 58.4 Å². The highest BCUT2D eigenvalue weighted by Crippen LogP contribution is 2.45. The summed E-state index contributed by atoms with van der Waals surface area (Å²) in [6.07, 6.45) is 9.75. The molecule has 6 rings (SSSR count). The summed E-state index contributed by atoms with van der Waals surface area (Å²) in [4.78, 5) is 31.0. The summed E-state index contributed by atoms with van der Waals surface area (Å²) in [6, 6.07) is 11.7. The van der Waals surface area contributed by atoms with Gasteiger partial charge in [0, 0.05) is 30.8 Å². The molecule has 2 aromatic rings. The average Bonchev–Trinajstić information content (AvgIpc) is 2.89. The van der Waals surface area contributed by atoms with Gasteiger partial charge in [-0.1, -0.05) is 18.1 Å². The fourth-order valence-electron chi connectivity index (χ4n) is 6.95. The summed E-state index contributed by atoms with van der Waals surface area (Å²) >= 11 is 0. The maximum Gasteiger partial charge on any atom is 0.267 e. The third-order valence-electron chi connectivity index (χ3n) is 8.51. The Morgan fingerprint density at radius 2 is 1.94 bits per heavy atom. The molecule has 0 N–H and O–H groups in total. The predicted octanol–water partition coefficient (Wildman–Crippen LogP) is 3.34. The standard InChI is InChI=1S/C28H34N4O3/c1-35-23-9-7-19(8-10-23)24-11-12-26(33)32(29-24)18-27(34)31-14-4-5-20-15-21-16-22(28(20)31)17-30-13-3-2-6-25(21)30/h7-12,15,21-22,25,28H,2-6,13-14,16-18H2,1H3/t21-,22-,25+,28-/m0/s1. The first-order chi connectivity index (χ1) is 17.1. The molecule has 2 bridgehead atoms. The molecule has 1 aliphatic carbocycles. The van der Waals surface area contributed by atoms with Crippen LogP contribution < -0.4 is 10.3 Å². The van der Waals surface area contributed by atoms with E-state index in [2.05, 4.69) is 21.0 Å². The van der Waals surface area contributed by atoms with Crippen LogP contribution in [0.4, 0.5) is 0 Å². The number of piperidine rings is 3. The summed E-state index contributed by atoms with van der Waals surface area (Å²) in [6.45, 7) is 3.03. The van der Waals surface area contributed by atoms with E-state index in [1.807, 2.05) is 24.3 Å². The highest BCUT2D eigenvalue weighted by Gasteiger charge is 2.46. The molecule has 1 aromatic carbocycles. The van der Waals surface area contributed by atoms with Crippen LogP contribution >= 0.6 is 0 Å². The molecule has 0 spiro atoms. The van der Waals surface area contributed by atoms with Crippen LogP contribution in [0.1, 0.15) is 38.5 Å². The highest BCUT2D eigenvalue weighted by atomic mass is 16.5. The number of aromatic nitrogens is 2. The third kappa shape index (κ3) is 4.20. The summed E-state index contributed by atoms with van der Waals surface area (Å²) in [7, 11) is 1.63. The van der Waals surface area contributed by atoms with Gasteiger partial charge in [-0.15, -0.1) is 0 Å². The highest BCUT2D eigenvalue weighted by molar-refractivity contribution is 5.77. The summed E-state index contributed by atoms with van der Waals surface area (Å²) < 4.78 is 6.56. The van der Waals surface area contributed by atoms with E-state index in [9.17, 15) is 9.59 Å². The van der Waals surface area contributed by atoms with E-state index in [1.54, 1.807) is 13.2 Å². The first kappa shape index (κ1) is 22.5. The zero-order valence-electron chi connectivity index (χ0n) is 20.4. The number of rotatable bonds is 4.